The molecule has 0 aromatic heterocycles. The number of carboxylic acid groups (broad SMARTS) is 1. The molecule has 1 heterocycles. The van der Waals surface area contributed by atoms with Gasteiger partial charge in [0, 0.05) is 11.5 Å². The quantitative estimate of drug-likeness (QED) is 0.740. The van der Waals surface area contributed by atoms with Crippen LogP contribution < -0.4 is 0 Å². The highest BCUT2D eigenvalue weighted by Crippen LogP contribution is 2.31. The number of ether oxygens (including phenoxy) is 1. The third-order valence-electron chi connectivity index (χ3n) is 3.25. The van der Waals surface area contributed by atoms with Crippen molar-refractivity contribution in [3.8, 4) is 0 Å². The molecule has 3 atom stereocenters. The van der Waals surface area contributed by atoms with Crippen molar-refractivity contribution in [3.63, 3.8) is 0 Å². The van der Waals surface area contributed by atoms with Gasteiger partial charge in [0.2, 0.25) is 0 Å². The summed E-state index contributed by atoms with van der Waals surface area (Å²) in [5, 5.41) is 8.96. The Morgan fingerprint density at radius 1 is 1.41 bits per heavy atom. The summed E-state index contributed by atoms with van der Waals surface area (Å²) in [7, 11) is 0. The smallest absolute Gasteiger partial charge is 0.310 e. The van der Waals surface area contributed by atoms with E-state index in [0.717, 1.165) is 12.8 Å². The minimum Gasteiger partial charge on any atom is -0.481 e. The van der Waals surface area contributed by atoms with Gasteiger partial charge in [-0.15, -0.1) is 0 Å². The lowest BCUT2D eigenvalue weighted by atomic mass is 9.96. The highest BCUT2D eigenvalue weighted by atomic mass is 32.2. The maximum absolute atomic E-state index is 11.7. The maximum Gasteiger partial charge on any atom is 0.310 e. The van der Waals surface area contributed by atoms with E-state index in [1.54, 1.807) is 0 Å². The summed E-state index contributed by atoms with van der Waals surface area (Å²) in [6.07, 6.45) is 1.91. The zero-order chi connectivity index (χ0) is 12.8. The molecule has 1 aliphatic rings. The second kappa shape index (κ2) is 6.89. The topological polar surface area (TPSA) is 63.6 Å². The molecule has 0 amide bonds. The monoisotopic (exact) mass is 260 g/mol. The van der Waals surface area contributed by atoms with Crippen molar-refractivity contribution < 1.29 is 19.4 Å². The van der Waals surface area contributed by atoms with Crippen molar-refractivity contribution in [1.29, 1.82) is 0 Å². The molecule has 3 unspecified atom stereocenters. The van der Waals surface area contributed by atoms with E-state index in [-0.39, 0.29) is 5.97 Å². The second-order valence-electron chi connectivity index (χ2n) is 4.56. The number of carbonyl (C=O) groups is 2. The van der Waals surface area contributed by atoms with Crippen LogP contribution in [0.25, 0.3) is 0 Å². The zero-order valence-corrected chi connectivity index (χ0v) is 11.2. The molecule has 0 aromatic carbocycles. The Morgan fingerprint density at radius 3 is 2.65 bits per heavy atom. The number of hydrogen-bond acceptors (Lipinski definition) is 4. The third-order valence-corrected chi connectivity index (χ3v) is 4.44. The fourth-order valence-electron chi connectivity index (χ4n) is 1.70. The molecule has 1 saturated heterocycles. The molecule has 0 spiro atoms. The number of hydrogen-bond donors (Lipinski definition) is 1. The molecule has 17 heavy (non-hydrogen) atoms. The molecule has 0 saturated carbocycles. The Labute approximate surface area is 106 Å². The van der Waals surface area contributed by atoms with E-state index >= 15 is 0 Å². The first-order valence-corrected chi connectivity index (χ1v) is 7.18. The molecule has 1 aliphatic heterocycles. The standard InChI is InChI=1S/C12H20O4S/c1-3-8(2)4-5-16-12(15)10-7-17-6-9(10)11(13)14/h8-10H,3-7H2,1-2H3,(H,13,14). The van der Waals surface area contributed by atoms with Crippen LogP contribution in [0.2, 0.25) is 0 Å². The van der Waals surface area contributed by atoms with Gasteiger partial charge in [0.15, 0.2) is 0 Å². The van der Waals surface area contributed by atoms with Crippen molar-refractivity contribution in [2.45, 2.75) is 26.7 Å². The number of rotatable bonds is 6. The van der Waals surface area contributed by atoms with Gasteiger partial charge in [-0.2, -0.15) is 11.8 Å². The molecule has 1 fully saturated rings. The molecule has 98 valence electrons. The molecule has 1 N–H and O–H groups in total. The van der Waals surface area contributed by atoms with Crippen LogP contribution in [0.1, 0.15) is 26.7 Å². The fourth-order valence-corrected chi connectivity index (χ4v) is 3.09. The average molecular weight is 260 g/mol. The zero-order valence-electron chi connectivity index (χ0n) is 10.3. The molecule has 0 aliphatic carbocycles. The van der Waals surface area contributed by atoms with E-state index in [2.05, 4.69) is 13.8 Å². The first-order chi connectivity index (χ1) is 8.06. The number of aliphatic carboxylic acids is 1. The fraction of sp³-hybridized carbons (Fsp3) is 0.833. The third kappa shape index (κ3) is 4.22. The van der Waals surface area contributed by atoms with E-state index in [9.17, 15) is 9.59 Å². The van der Waals surface area contributed by atoms with Crippen LogP contribution in [0.15, 0.2) is 0 Å². The van der Waals surface area contributed by atoms with E-state index in [4.69, 9.17) is 9.84 Å². The van der Waals surface area contributed by atoms with Crippen molar-refractivity contribution >= 4 is 23.7 Å². The lowest BCUT2D eigenvalue weighted by molar-refractivity contribution is -0.155. The number of esters is 1. The summed E-state index contributed by atoms with van der Waals surface area (Å²) >= 11 is 1.51. The van der Waals surface area contributed by atoms with Gasteiger partial charge in [-0.05, 0) is 12.3 Å². The van der Waals surface area contributed by atoms with Crippen LogP contribution in [0.5, 0.6) is 0 Å². The van der Waals surface area contributed by atoms with Gasteiger partial charge in [-0.1, -0.05) is 20.3 Å². The van der Waals surface area contributed by atoms with E-state index < -0.39 is 17.8 Å². The van der Waals surface area contributed by atoms with Gasteiger partial charge in [-0.25, -0.2) is 0 Å². The van der Waals surface area contributed by atoms with E-state index in [1.165, 1.54) is 11.8 Å². The van der Waals surface area contributed by atoms with Crippen LogP contribution in [-0.2, 0) is 14.3 Å². The summed E-state index contributed by atoms with van der Waals surface area (Å²) in [5.74, 6) is -0.648. The summed E-state index contributed by atoms with van der Waals surface area (Å²) < 4.78 is 5.16. The lowest BCUT2D eigenvalue weighted by Gasteiger charge is -2.15. The Hall–Kier alpha value is -0.710. The number of carbonyl (C=O) groups excluding carboxylic acids is 1. The van der Waals surface area contributed by atoms with Crippen molar-refractivity contribution in [2.75, 3.05) is 18.1 Å². The Bertz CT molecular complexity index is 280. The number of carboxylic acids is 1. The predicted octanol–water partition coefficient (Wildman–Crippen LogP) is 2.03. The van der Waals surface area contributed by atoms with Crippen LogP contribution in [0.4, 0.5) is 0 Å². The van der Waals surface area contributed by atoms with E-state index in [1.807, 2.05) is 0 Å². The van der Waals surface area contributed by atoms with Crippen molar-refractivity contribution in [3.05, 3.63) is 0 Å². The summed E-state index contributed by atoms with van der Waals surface area (Å²) in [6, 6.07) is 0. The minimum absolute atomic E-state index is 0.342. The SMILES string of the molecule is CCC(C)CCOC(=O)C1CSCC1C(=O)O. The molecule has 0 radical (unpaired) electrons. The number of thioether (sulfide) groups is 1. The van der Waals surface area contributed by atoms with Crippen LogP contribution in [-0.4, -0.2) is 35.2 Å². The molecular weight excluding hydrogens is 240 g/mol. The van der Waals surface area contributed by atoms with Gasteiger partial charge in [0.1, 0.15) is 0 Å². The minimum atomic E-state index is -0.890. The molecular formula is C12H20O4S. The van der Waals surface area contributed by atoms with Crippen molar-refractivity contribution in [2.24, 2.45) is 17.8 Å². The Kier molecular flexibility index (Phi) is 5.82. The van der Waals surface area contributed by atoms with Crippen LogP contribution >= 0.6 is 11.8 Å². The summed E-state index contributed by atoms with van der Waals surface area (Å²) in [6.45, 7) is 4.61. The molecule has 4 nitrogen and oxygen atoms in total. The van der Waals surface area contributed by atoms with E-state index in [0.29, 0.717) is 24.0 Å². The Morgan fingerprint density at radius 2 is 2.06 bits per heavy atom. The highest BCUT2D eigenvalue weighted by molar-refractivity contribution is 7.99. The van der Waals surface area contributed by atoms with Gasteiger partial charge < -0.3 is 9.84 Å². The molecule has 0 aromatic rings. The first-order valence-electron chi connectivity index (χ1n) is 6.03. The maximum atomic E-state index is 11.7. The molecule has 0 bridgehead atoms. The molecule has 5 heteroatoms. The van der Waals surface area contributed by atoms with Gasteiger partial charge in [-0.3, -0.25) is 9.59 Å². The van der Waals surface area contributed by atoms with Gasteiger partial charge in [0.25, 0.3) is 0 Å². The van der Waals surface area contributed by atoms with Crippen LogP contribution in [0, 0.1) is 17.8 Å². The molecule has 1 rings (SSSR count). The average Bonchev–Trinajstić information content (AvgIpc) is 2.77. The normalized spacial score (nSPS) is 25.5. The van der Waals surface area contributed by atoms with Crippen molar-refractivity contribution in [1.82, 2.24) is 0 Å². The van der Waals surface area contributed by atoms with Gasteiger partial charge >= 0.3 is 11.9 Å². The Balaban J connectivity index is 2.34. The summed E-state index contributed by atoms with van der Waals surface area (Å²) in [5.41, 5.74) is 0. The second-order valence-corrected chi connectivity index (χ2v) is 5.63. The highest BCUT2D eigenvalue weighted by Gasteiger charge is 2.39. The van der Waals surface area contributed by atoms with Crippen LogP contribution in [0.3, 0.4) is 0 Å². The first kappa shape index (κ1) is 14.4. The largest absolute Gasteiger partial charge is 0.481 e. The van der Waals surface area contributed by atoms with Gasteiger partial charge in [0.05, 0.1) is 18.4 Å². The lowest BCUT2D eigenvalue weighted by Crippen LogP contribution is -2.30. The predicted molar refractivity (Wildman–Crippen MR) is 67.0 cm³/mol. The summed E-state index contributed by atoms with van der Waals surface area (Å²) in [4.78, 5) is 22.7.